The highest BCUT2D eigenvalue weighted by Gasteiger charge is 2.18. The van der Waals surface area contributed by atoms with Crippen molar-refractivity contribution in [2.45, 2.75) is 11.1 Å². The van der Waals surface area contributed by atoms with Gasteiger partial charge in [0.2, 0.25) is 5.91 Å². The van der Waals surface area contributed by atoms with E-state index in [1.54, 1.807) is 6.92 Å². The molecule has 0 radical (unpaired) electrons. The summed E-state index contributed by atoms with van der Waals surface area (Å²) in [5.74, 6) is -0.750. The number of fused-ring (bicyclic) bond motifs is 1. The number of alkyl carbamates (subject to hydrolysis) is 1. The monoisotopic (exact) mass is 354 g/mol. The standard InChI is InChI=1S/C12H10N4O5S2/c1-2-21-12(20)14-6(17)4-22-10-5(3-13)7-8(23-10)9(18)16-11(19)15-7/h2,4H2,1H3,(H,14,17,20)(H2,15,16,18,19). The van der Waals surface area contributed by atoms with Gasteiger partial charge in [0.15, 0.2) is 0 Å². The van der Waals surface area contributed by atoms with E-state index in [0.29, 0.717) is 4.21 Å². The Hall–Kier alpha value is -2.58. The van der Waals surface area contributed by atoms with Gasteiger partial charge < -0.3 is 9.72 Å². The summed E-state index contributed by atoms with van der Waals surface area (Å²) in [6, 6.07) is 1.90. The highest BCUT2D eigenvalue weighted by molar-refractivity contribution is 8.02. The number of hydrogen-bond donors (Lipinski definition) is 3. The molecule has 23 heavy (non-hydrogen) atoms. The van der Waals surface area contributed by atoms with Crippen molar-refractivity contribution in [3.63, 3.8) is 0 Å². The second kappa shape index (κ2) is 7.12. The molecule has 0 aliphatic heterocycles. The van der Waals surface area contributed by atoms with E-state index >= 15 is 0 Å². The summed E-state index contributed by atoms with van der Waals surface area (Å²) < 4.78 is 5.16. The molecular weight excluding hydrogens is 344 g/mol. The average molecular weight is 354 g/mol. The van der Waals surface area contributed by atoms with E-state index < -0.39 is 23.2 Å². The van der Waals surface area contributed by atoms with Crippen LogP contribution in [-0.2, 0) is 9.53 Å². The van der Waals surface area contributed by atoms with Crippen LogP contribution in [0, 0.1) is 11.3 Å². The van der Waals surface area contributed by atoms with Crippen LogP contribution in [0.2, 0.25) is 0 Å². The molecule has 0 saturated heterocycles. The number of amides is 2. The number of rotatable bonds is 4. The molecule has 2 heterocycles. The van der Waals surface area contributed by atoms with E-state index in [9.17, 15) is 24.4 Å². The van der Waals surface area contributed by atoms with E-state index in [-0.39, 0.29) is 28.1 Å². The van der Waals surface area contributed by atoms with E-state index in [4.69, 9.17) is 0 Å². The molecule has 2 aromatic heterocycles. The lowest BCUT2D eigenvalue weighted by Gasteiger charge is -2.03. The number of carbonyl (C=O) groups is 2. The fraction of sp³-hybridized carbons (Fsp3) is 0.250. The highest BCUT2D eigenvalue weighted by Crippen LogP contribution is 2.34. The van der Waals surface area contributed by atoms with E-state index in [0.717, 1.165) is 23.1 Å². The first kappa shape index (κ1) is 16.8. The van der Waals surface area contributed by atoms with Gasteiger partial charge in [0.25, 0.3) is 5.56 Å². The molecule has 0 aliphatic rings. The molecule has 0 unspecified atom stereocenters. The molecule has 0 atom stereocenters. The molecule has 9 nitrogen and oxygen atoms in total. The number of imide groups is 1. The molecule has 0 spiro atoms. The van der Waals surface area contributed by atoms with E-state index in [1.807, 2.05) is 11.4 Å². The Morgan fingerprint density at radius 1 is 1.39 bits per heavy atom. The summed E-state index contributed by atoms with van der Waals surface area (Å²) in [6.45, 7) is 1.74. The third kappa shape index (κ3) is 3.79. The smallest absolute Gasteiger partial charge is 0.413 e. The predicted octanol–water partition coefficient (Wildman–Crippen LogP) is 0.514. The molecule has 3 N–H and O–H groups in total. The number of nitrogens with zero attached hydrogens (tertiary/aromatic N) is 1. The number of nitrogens with one attached hydrogen (secondary N) is 3. The topological polar surface area (TPSA) is 145 Å². The van der Waals surface area contributed by atoms with Gasteiger partial charge in [0.05, 0.1) is 22.1 Å². The van der Waals surface area contributed by atoms with Crippen molar-refractivity contribution < 1.29 is 14.3 Å². The molecule has 11 heteroatoms. The van der Waals surface area contributed by atoms with Crippen molar-refractivity contribution in [2.75, 3.05) is 12.4 Å². The van der Waals surface area contributed by atoms with Crippen LogP contribution < -0.4 is 16.6 Å². The predicted molar refractivity (Wildman–Crippen MR) is 83.7 cm³/mol. The molecule has 0 fully saturated rings. The maximum Gasteiger partial charge on any atom is 0.413 e. The third-order valence-electron chi connectivity index (χ3n) is 2.51. The number of thioether (sulfide) groups is 1. The summed E-state index contributed by atoms with van der Waals surface area (Å²) in [5, 5.41) is 11.2. The average Bonchev–Trinajstić information content (AvgIpc) is 2.83. The number of thiophene rings is 1. The summed E-state index contributed by atoms with van der Waals surface area (Å²) in [7, 11) is 0. The van der Waals surface area contributed by atoms with Crippen LogP contribution in [0.25, 0.3) is 10.2 Å². The largest absolute Gasteiger partial charge is 0.450 e. The molecule has 0 bridgehead atoms. The molecule has 0 saturated carbocycles. The number of carbonyl (C=O) groups excluding carboxylic acids is 2. The molecule has 120 valence electrons. The molecule has 2 aromatic rings. The fourth-order valence-corrected chi connectivity index (χ4v) is 3.77. The number of aromatic nitrogens is 2. The van der Waals surface area contributed by atoms with Gasteiger partial charge in [-0.05, 0) is 6.92 Å². The zero-order chi connectivity index (χ0) is 17.0. The first-order valence-corrected chi connectivity index (χ1v) is 8.05. The van der Waals surface area contributed by atoms with Crippen LogP contribution in [0.4, 0.5) is 4.79 Å². The van der Waals surface area contributed by atoms with Crippen LogP contribution in [-0.4, -0.2) is 34.3 Å². The zero-order valence-corrected chi connectivity index (χ0v) is 13.4. The Bertz CT molecular complexity index is 920. The van der Waals surface area contributed by atoms with Crippen molar-refractivity contribution in [3.8, 4) is 6.07 Å². The lowest BCUT2D eigenvalue weighted by atomic mass is 10.3. The number of ether oxygens (including phenoxy) is 1. The summed E-state index contributed by atoms with van der Waals surface area (Å²) in [5.41, 5.74) is -1.07. The van der Waals surface area contributed by atoms with Crippen molar-refractivity contribution in [1.29, 1.82) is 5.26 Å². The SMILES string of the molecule is CCOC(=O)NC(=O)CSc1sc2c(=O)[nH]c(=O)[nH]c2c1C#N. The minimum absolute atomic E-state index is 0.113. The van der Waals surface area contributed by atoms with Crippen LogP contribution in [0.1, 0.15) is 12.5 Å². The summed E-state index contributed by atoms with van der Waals surface area (Å²) in [6.07, 6.45) is -0.851. The Balaban J connectivity index is 2.21. The molecule has 2 rings (SSSR count). The van der Waals surface area contributed by atoms with Crippen LogP contribution >= 0.6 is 23.1 Å². The minimum Gasteiger partial charge on any atom is -0.450 e. The third-order valence-corrected chi connectivity index (χ3v) is 4.97. The van der Waals surface area contributed by atoms with Crippen LogP contribution in [0.3, 0.4) is 0 Å². The Morgan fingerprint density at radius 3 is 2.78 bits per heavy atom. The van der Waals surface area contributed by atoms with Crippen LogP contribution in [0.5, 0.6) is 0 Å². The molecular formula is C12H10N4O5S2. The van der Waals surface area contributed by atoms with Crippen molar-refractivity contribution in [1.82, 2.24) is 15.3 Å². The fourth-order valence-electron chi connectivity index (χ4n) is 1.65. The van der Waals surface area contributed by atoms with E-state index in [1.165, 1.54) is 0 Å². The first-order chi connectivity index (χ1) is 11.0. The zero-order valence-electron chi connectivity index (χ0n) is 11.7. The normalized spacial score (nSPS) is 10.3. The van der Waals surface area contributed by atoms with Gasteiger partial charge in [0.1, 0.15) is 16.3 Å². The van der Waals surface area contributed by atoms with Gasteiger partial charge in [-0.2, -0.15) is 5.26 Å². The maximum atomic E-state index is 11.7. The second-order valence-corrected chi connectivity index (χ2v) is 6.31. The second-order valence-electron chi connectivity index (χ2n) is 4.05. The quantitative estimate of drug-likeness (QED) is 0.678. The Morgan fingerprint density at radius 2 is 2.13 bits per heavy atom. The van der Waals surface area contributed by atoms with Gasteiger partial charge in [-0.3, -0.25) is 19.9 Å². The van der Waals surface area contributed by atoms with Crippen molar-refractivity contribution >= 4 is 45.3 Å². The number of hydrogen-bond acceptors (Lipinski definition) is 8. The minimum atomic E-state index is -0.851. The lowest BCUT2D eigenvalue weighted by molar-refractivity contribution is -0.117. The Kier molecular flexibility index (Phi) is 5.20. The van der Waals surface area contributed by atoms with Gasteiger partial charge >= 0.3 is 11.8 Å². The molecule has 2 amide bonds. The van der Waals surface area contributed by atoms with Gasteiger partial charge in [0, 0.05) is 0 Å². The molecule has 0 aliphatic carbocycles. The van der Waals surface area contributed by atoms with Gasteiger partial charge in [-0.25, -0.2) is 9.59 Å². The number of nitriles is 1. The van der Waals surface area contributed by atoms with Gasteiger partial charge in [-0.1, -0.05) is 0 Å². The lowest BCUT2D eigenvalue weighted by Crippen LogP contribution is -2.32. The van der Waals surface area contributed by atoms with E-state index in [2.05, 4.69) is 14.7 Å². The summed E-state index contributed by atoms with van der Waals surface area (Å²) in [4.78, 5) is 50.2. The number of aromatic amines is 2. The Labute approximate surface area is 136 Å². The highest BCUT2D eigenvalue weighted by atomic mass is 32.2. The molecule has 0 aromatic carbocycles. The van der Waals surface area contributed by atoms with Gasteiger partial charge in [-0.15, -0.1) is 23.1 Å². The number of H-pyrrole nitrogens is 2. The maximum absolute atomic E-state index is 11.7. The first-order valence-electron chi connectivity index (χ1n) is 6.24. The van der Waals surface area contributed by atoms with Crippen molar-refractivity contribution in [2.24, 2.45) is 0 Å². The van der Waals surface area contributed by atoms with Crippen LogP contribution in [0.15, 0.2) is 13.8 Å². The van der Waals surface area contributed by atoms with Crippen molar-refractivity contribution in [3.05, 3.63) is 26.4 Å². The summed E-state index contributed by atoms with van der Waals surface area (Å²) >= 11 is 1.97.